The first-order valence-electron chi connectivity index (χ1n) is 5.10. The largest absolute Gasteiger partial charge is 0.363 e. The molecule has 0 spiro atoms. The number of hydrogen-bond donors (Lipinski definition) is 2. The first kappa shape index (κ1) is 13.9. The Labute approximate surface area is 111 Å². The smallest absolute Gasteiger partial charge is 0.234 e. The number of nitrogens with zero attached hydrogens (tertiary/aromatic N) is 1. The van der Waals surface area contributed by atoms with Gasteiger partial charge >= 0.3 is 0 Å². The van der Waals surface area contributed by atoms with E-state index in [-0.39, 0.29) is 18.3 Å². The summed E-state index contributed by atoms with van der Waals surface area (Å²) in [5, 5.41) is 6.80. The van der Waals surface area contributed by atoms with Crippen LogP contribution in [0.3, 0.4) is 0 Å². The van der Waals surface area contributed by atoms with Crippen LogP contribution in [0.15, 0.2) is 35.3 Å². The minimum Gasteiger partial charge on any atom is -0.363 e. The van der Waals surface area contributed by atoms with E-state index >= 15 is 0 Å². The fourth-order valence-electron chi connectivity index (χ4n) is 1.33. The number of anilines is 1. The molecule has 4 nitrogen and oxygen atoms in total. The van der Waals surface area contributed by atoms with Crippen LogP contribution in [0.25, 0.3) is 0 Å². The summed E-state index contributed by atoms with van der Waals surface area (Å²) in [6.07, 6.45) is 0. The molecule has 92 valence electrons. The maximum Gasteiger partial charge on any atom is 0.234 e. The zero-order valence-corrected chi connectivity index (χ0v) is 10.8. The number of amidine groups is 1. The second kappa shape index (κ2) is 7.19. The average molecular weight is 272 g/mol. The van der Waals surface area contributed by atoms with Crippen molar-refractivity contribution < 1.29 is 4.79 Å². The lowest BCUT2D eigenvalue weighted by Crippen LogP contribution is -2.20. The zero-order valence-electron chi connectivity index (χ0n) is 9.18. The lowest BCUT2D eigenvalue weighted by atomic mass is 10.3. The van der Waals surface area contributed by atoms with Crippen molar-refractivity contribution in [1.29, 1.82) is 0 Å². The number of aliphatic imine (C=N–C) groups is 1. The standard InChI is InChI=1S/C11H13N3OS.ClH/c15-10(8-16-11-12-6-7-13-11)14-9-4-2-1-3-5-9;/h1-5H,6-8H2,(H,12,13)(H,14,15);1H. The van der Waals surface area contributed by atoms with Crippen LogP contribution in [0.2, 0.25) is 0 Å². The summed E-state index contributed by atoms with van der Waals surface area (Å²) in [5.74, 6) is 0.383. The number of nitrogens with one attached hydrogen (secondary N) is 2. The molecule has 0 radical (unpaired) electrons. The number of thioether (sulfide) groups is 1. The molecule has 2 rings (SSSR count). The van der Waals surface area contributed by atoms with Crippen molar-refractivity contribution in [1.82, 2.24) is 5.32 Å². The third-order valence-electron chi connectivity index (χ3n) is 2.04. The van der Waals surface area contributed by atoms with Gasteiger partial charge in [-0.1, -0.05) is 30.0 Å². The van der Waals surface area contributed by atoms with E-state index in [1.165, 1.54) is 11.8 Å². The Morgan fingerprint density at radius 3 is 2.82 bits per heavy atom. The molecule has 0 saturated heterocycles. The molecule has 2 N–H and O–H groups in total. The molecule has 1 aromatic rings. The highest BCUT2D eigenvalue weighted by atomic mass is 35.5. The Morgan fingerprint density at radius 2 is 2.18 bits per heavy atom. The molecule has 0 atom stereocenters. The number of rotatable bonds is 3. The minimum atomic E-state index is -0.00685. The second-order valence-corrected chi connectivity index (χ2v) is 4.28. The van der Waals surface area contributed by atoms with Crippen LogP contribution < -0.4 is 10.6 Å². The van der Waals surface area contributed by atoms with Crippen molar-refractivity contribution >= 4 is 40.9 Å². The molecule has 1 aliphatic heterocycles. The van der Waals surface area contributed by atoms with Gasteiger partial charge in [0, 0.05) is 12.2 Å². The van der Waals surface area contributed by atoms with E-state index in [0.29, 0.717) is 5.75 Å². The Kier molecular flexibility index (Phi) is 5.86. The van der Waals surface area contributed by atoms with Gasteiger partial charge in [0.05, 0.1) is 12.3 Å². The maximum atomic E-state index is 11.6. The summed E-state index contributed by atoms with van der Waals surface area (Å²) >= 11 is 1.44. The van der Waals surface area contributed by atoms with Gasteiger partial charge in [0.25, 0.3) is 0 Å². The van der Waals surface area contributed by atoms with E-state index in [9.17, 15) is 4.79 Å². The minimum absolute atomic E-state index is 0. The van der Waals surface area contributed by atoms with Crippen LogP contribution in [0.5, 0.6) is 0 Å². The number of carbonyl (C=O) groups excluding carboxylic acids is 1. The average Bonchev–Trinajstić information content (AvgIpc) is 2.81. The number of hydrogen-bond acceptors (Lipinski definition) is 4. The molecular formula is C11H14ClN3OS. The molecule has 0 aromatic heterocycles. The molecule has 0 unspecified atom stereocenters. The van der Waals surface area contributed by atoms with Gasteiger partial charge in [-0.25, -0.2) is 0 Å². The molecule has 1 aliphatic rings. The Bertz CT molecular complexity index is 397. The van der Waals surface area contributed by atoms with Gasteiger partial charge in [-0.2, -0.15) is 0 Å². The molecule has 0 fully saturated rings. The highest BCUT2D eigenvalue weighted by molar-refractivity contribution is 8.14. The molecule has 6 heteroatoms. The summed E-state index contributed by atoms with van der Waals surface area (Å²) in [4.78, 5) is 15.8. The normalized spacial score (nSPS) is 13.3. The molecule has 1 amide bonds. The highest BCUT2D eigenvalue weighted by Gasteiger charge is 2.08. The lowest BCUT2D eigenvalue weighted by Gasteiger charge is -2.04. The van der Waals surface area contributed by atoms with Gasteiger partial charge in [-0.15, -0.1) is 12.4 Å². The predicted octanol–water partition coefficient (Wildman–Crippen LogP) is 1.74. The second-order valence-electron chi connectivity index (χ2n) is 3.32. The molecule has 1 aromatic carbocycles. The number of benzene rings is 1. The Morgan fingerprint density at radius 1 is 1.41 bits per heavy atom. The molecule has 17 heavy (non-hydrogen) atoms. The topological polar surface area (TPSA) is 53.5 Å². The van der Waals surface area contributed by atoms with Crippen molar-refractivity contribution in [2.24, 2.45) is 4.99 Å². The van der Waals surface area contributed by atoms with Crippen molar-refractivity contribution in [3.63, 3.8) is 0 Å². The van der Waals surface area contributed by atoms with Crippen LogP contribution in [0.1, 0.15) is 0 Å². The lowest BCUT2D eigenvalue weighted by molar-refractivity contribution is -0.113. The van der Waals surface area contributed by atoms with Gasteiger partial charge in [-0.3, -0.25) is 9.79 Å². The third-order valence-corrected chi connectivity index (χ3v) is 2.99. The highest BCUT2D eigenvalue weighted by Crippen LogP contribution is 2.08. The number of para-hydroxylation sites is 1. The van der Waals surface area contributed by atoms with Crippen LogP contribution in [-0.2, 0) is 4.79 Å². The van der Waals surface area contributed by atoms with Crippen molar-refractivity contribution in [3.05, 3.63) is 30.3 Å². The van der Waals surface area contributed by atoms with E-state index in [1.807, 2.05) is 30.3 Å². The van der Waals surface area contributed by atoms with Crippen molar-refractivity contribution in [2.45, 2.75) is 0 Å². The van der Waals surface area contributed by atoms with E-state index < -0.39 is 0 Å². The first-order chi connectivity index (χ1) is 7.84. The van der Waals surface area contributed by atoms with Crippen molar-refractivity contribution in [3.8, 4) is 0 Å². The van der Waals surface area contributed by atoms with Gasteiger partial charge in [0.2, 0.25) is 5.91 Å². The number of halogens is 1. The molecular weight excluding hydrogens is 258 g/mol. The summed E-state index contributed by atoms with van der Waals surface area (Å²) in [5.41, 5.74) is 0.828. The Hall–Kier alpha value is -1.20. The summed E-state index contributed by atoms with van der Waals surface area (Å²) < 4.78 is 0. The van der Waals surface area contributed by atoms with Gasteiger partial charge in [0.1, 0.15) is 0 Å². The van der Waals surface area contributed by atoms with Crippen LogP contribution in [0.4, 0.5) is 5.69 Å². The SMILES string of the molecule is Cl.O=C(CSC1=NCCN1)Nc1ccccc1. The molecule has 0 bridgehead atoms. The van der Waals surface area contributed by atoms with Gasteiger partial charge in [0.15, 0.2) is 5.17 Å². The van der Waals surface area contributed by atoms with Crippen LogP contribution in [0, 0.1) is 0 Å². The van der Waals surface area contributed by atoms with E-state index in [4.69, 9.17) is 0 Å². The summed E-state index contributed by atoms with van der Waals surface area (Å²) in [6.45, 7) is 1.69. The fraction of sp³-hybridized carbons (Fsp3) is 0.273. The van der Waals surface area contributed by atoms with Crippen LogP contribution >= 0.6 is 24.2 Å². The fourth-order valence-corrected chi connectivity index (χ4v) is 2.05. The molecule has 0 saturated carbocycles. The molecule has 0 aliphatic carbocycles. The maximum absolute atomic E-state index is 11.6. The predicted molar refractivity (Wildman–Crippen MR) is 75.1 cm³/mol. The summed E-state index contributed by atoms with van der Waals surface area (Å²) in [7, 11) is 0. The third kappa shape index (κ3) is 4.66. The zero-order chi connectivity index (χ0) is 11.2. The van der Waals surface area contributed by atoms with Crippen LogP contribution in [-0.4, -0.2) is 29.9 Å². The number of amides is 1. The molecule has 1 heterocycles. The van der Waals surface area contributed by atoms with Gasteiger partial charge < -0.3 is 10.6 Å². The van der Waals surface area contributed by atoms with E-state index in [2.05, 4.69) is 15.6 Å². The Balaban J connectivity index is 0.00000144. The first-order valence-corrected chi connectivity index (χ1v) is 6.09. The van der Waals surface area contributed by atoms with E-state index in [1.54, 1.807) is 0 Å². The quantitative estimate of drug-likeness (QED) is 0.881. The number of carbonyl (C=O) groups is 1. The summed E-state index contributed by atoms with van der Waals surface area (Å²) in [6, 6.07) is 9.44. The monoisotopic (exact) mass is 271 g/mol. The van der Waals surface area contributed by atoms with Gasteiger partial charge in [-0.05, 0) is 12.1 Å². The van der Waals surface area contributed by atoms with E-state index in [0.717, 1.165) is 23.9 Å². The van der Waals surface area contributed by atoms with Crippen molar-refractivity contribution in [2.75, 3.05) is 24.2 Å².